The molecule has 2 amide bonds. The molecule has 1 unspecified atom stereocenters. The van der Waals surface area contributed by atoms with Crippen molar-refractivity contribution in [3.8, 4) is 0 Å². The molecule has 0 radical (unpaired) electrons. The van der Waals surface area contributed by atoms with Crippen LogP contribution in [0.3, 0.4) is 0 Å². The van der Waals surface area contributed by atoms with Crippen molar-refractivity contribution in [2.75, 3.05) is 6.54 Å². The fourth-order valence-corrected chi connectivity index (χ4v) is 3.23. The highest BCUT2D eigenvalue weighted by Crippen LogP contribution is 2.21. The monoisotopic (exact) mass is 406 g/mol. The van der Waals surface area contributed by atoms with E-state index in [0.717, 1.165) is 11.1 Å². The summed E-state index contributed by atoms with van der Waals surface area (Å²) in [5.41, 5.74) is 1.72. The Morgan fingerprint density at radius 1 is 1.00 bits per heavy atom. The van der Waals surface area contributed by atoms with Crippen molar-refractivity contribution in [2.24, 2.45) is 0 Å². The average Bonchev–Trinajstić information content (AvgIpc) is 2.66. The van der Waals surface area contributed by atoms with E-state index in [1.165, 1.54) is 0 Å². The summed E-state index contributed by atoms with van der Waals surface area (Å²) >= 11 is 12.4. The third-order valence-electron chi connectivity index (χ3n) is 4.38. The van der Waals surface area contributed by atoms with Crippen LogP contribution < -0.4 is 5.32 Å². The van der Waals surface area contributed by atoms with Crippen molar-refractivity contribution >= 4 is 35.0 Å². The minimum atomic E-state index is -0.597. The molecule has 0 saturated heterocycles. The highest BCUT2D eigenvalue weighted by Gasteiger charge is 2.26. The van der Waals surface area contributed by atoms with Gasteiger partial charge >= 0.3 is 0 Å². The minimum absolute atomic E-state index is 0.117. The van der Waals surface area contributed by atoms with Crippen LogP contribution in [0.25, 0.3) is 0 Å². The van der Waals surface area contributed by atoms with Crippen LogP contribution in [0.2, 0.25) is 10.0 Å². The van der Waals surface area contributed by atoms with E-state index in [4.69, 9.17) is 23.2 Å². The largest absolute Gasteiger partial charge is 0.355 e. The molecule has 4 nitrogen and oxygen atoms in total. The lowest BCUT2D eigenvalue weighted by Gasteiger charge is -2.29. The first kappa shape index (κ1) is 21.3. The standard InChI is InChI=1S/C21H24Cl2N2O2/c1-3-24-21(27)15(2)25(14-17-9-5-7-11-19(17)23)20(26)13-12-16-8-4-6-10-18(16)22/h4-11,15H,3,12-14H2,1-2H3,(H,24,27). The molecule has 0 aliphatic carbocycles. The number of hydrogen-bond donors (Lipinski definition) is 1. The van der Waals surface area contributed by atoms with Crippen LogP contribution in [0.15, 0.2) is 48.5 Å². The van der Waals surface area contributed by atoms with Gasteiger partial charge < -0.3 is 10.2 Å². The molecule has 0 fully saturated rings. The van der Waals surface area contributed by atoms with Crippen LogP contribution in [0.5, 0.6) is 0 Å². The molecule has 0 aliphatic rings. The maximum atomic E-state index is 13.0. The SMILES string of the molecule is CCNC(=O)C(C)N(Cc1ccccc1Cl)C(=O)CCc1ccccc1Cl. The summed E-state index contributed by atoms with van der Waals surface area (Å²) in [5.74, 6) is -0.302. The predicted molar refractivity (Wildman–Crippen MR) is 110 cm³/mol. The average molecular weight is 407 g/mol. The second-order valence-electron chi connectivity index (χ2n) is 6.28. The zero-order valence-corrected chi connectivity index (χ0v) is 17.1. The van der Waals surface area contributed by atoms with Crippen molar-refractivity contribution < 1.29 is 9.59 Å². The minimum Gasteiger partial charge on any atom is -0.355 e. The van der Waals surface area contributed by atoms with Crippen LogP contribution in [0.1, 0.15) is 31.4 Å². The lowest BCUT2D eigenvalue weighted by atomic mass is 10.1. The number of rotatable bonds is 8. The predicted octanol–water partition coefficient (Wildman–Crippen LogP) is 4.48. The van der Waals surface area contributed by atoms with Crippen molar-refractivity contribution in [2.45, 2.75) is 39.3 Å². The maximum Gasteiger partial charge on any atom is 0.242 e. The van der Waals surface area contributed by atoms with Gasteiger partial charge in [0.2, 0.25) is 11.8 Å². The summed E-state index contributed by atoms with van der Waals surface area (Å²) in [6, 6.07) is 14.2. The quantitative estimate of drug-likeness (QED) is 0.702. The summed E-state index contributed by atoms with van der Waals surface area (Å²) in [6.45, 7) is 4.37. The molecule has 2 rings (SSSR count). The Labute approximate surface area is 170 Å². The molecule has 1 N–H and O–H groups in total. The molecule has 0 aliphatic heterocycles. The Morgan fingerprint density at radius 2 is 1.56 bits per heavy atom. The van der Waals surface area contributed by atoms with Gasteiger partial charge in [-0.3, -0.25) is 9.59 Å². The molecule has 6 heteroatoms. The molecule has 27 heavy (non-hydrogen) atoms. The number of halogens is 2. The molecule has 0 spiro atoms. The van der Waals surface area contributed by atoms with Gasteiger partial charge in [-0.2, -0.15) is 0 Å². The van der Waals surface area contributed by atoms with Gasteiger partial charge in [0.05, 0.1) is 0 Å². The summed E-state index contributed by atoms with van der Waals surface area (Å²) in [6.07, 6.45) is 0.775. The van der Waals surface area contributed by atoms with E-state index >= 15 is 0 Å². The zero-order valence-electron chi connectivity index (χ0n) is 15.5. The zero-order chi connectivity index (χ0) is 19.8. The van der Waals surface area contributed by atoms with E-state index in [1.807, 2.05) is 43.3 Å². The number of benzene rings is 2. The number of aryl methyl sites for hydroxylation is 1. The third kappa shape index (κ3) is 5.98. The summed E-state index contributed by atoms with van der Waals surface area (Å²) in [4.78, 5) is 26.9. The fraction of sp³-hybridized carbons (Fsp3) is 0.333. The fourth-order valence-electron chi connectivity index (χ4n) is 2.80. The second-order valence-corrected chi connectivity index (χ2v) is 7.09. The van der Waals surface area contributed by atoms with Crippen molar-refractivity contribution in [3.05, 3.63) is 69.7 Å². The Bertz CT molecular complexity index is 795. The first-order valence-electron chi connectivity index (χ1n) is 8.98. The maximum absolute atomic E-state index is 13.0. The third-order valence-corrected chi connectivity index (χ3v) is 5.12. The topological polar surface area (TPSA) is 49.4 Å². The molecule has 0 saturated carbocycles. The van der Waals surface area contributed by atoms with Gasteiger partial charge in [-0.05, 0) is 43.5 Å². The number of amides is 2. The molecular formula is C21H24Cl2N2O2. The normalized spacial score (nSPS) is 11.7. The van der Waals surface area contributed by atoms with Gasteiger partial charge in [-0.25, -0.2) is 0 Å². The molecule has 2 aromatic carbocycles. The molecule has 0 heterocycles. The lowest BCUT2D eigenvalue weighted by molar-refractivity contribution is -0.140. The smallest absolute Gasteiger partial charge is 0.242 e. The molecule has 0 aromatic heterocycles. The first-order chi connectivity index (χ1) is 12.9. The van der Waals surface area contributed by atoms with Gasteiger partial charge in [-0.1, -0.05) is 59.6 Å². The first-order valence-corrected chi connectivity index (χ1v) is 9.73. The van der Waals surface area contributed by atoms with Gasteiger partial charge in [0.15, 0.2) is 0 Å². The van der Waals surface area contributed by atoms with E-state index in [1.54, 1.807) is 24.0 Å². The number of nitrogens with one attached hydrogen (secondary N) is 1. The van der Waals surface area contributed by atoms with Gasteiger partial charge in [-0.15, -0.1) is 0 Å². The van der Waals surface area contributed by atoms with E-state index < -0.39 is 6.04 Å². The van der Waals surface area contributed by atoms with E-state index in [-0.39, 0.29) is 24.8 Å². The number of carbonyl (C=O) groups is 2. The van der Waals surface area contributed by atoms with Crippen molar-refractivity contribution in [1.82, 2.24) is 10.2 Å². The number of hydrogen-bond acceptors (Lipinski definition) is 2. The number of likely N-dealkylation sites (N-methyl/N-ethyl adjacent to an activating group) is 1. The van der Waals surface area contributed by atoms with Crippen LogP contribution in [0.4, 0.5) is 0 Å². The van der Waals surface area contributed by atoms with Crippen molar-refractivity contribution in [1.29, 1.82) is 0 Å². The van der Waals surface area contributed by atoms with Crippen molar-refractivity contribution in [3.63, 3.8) is 0 Å². The molecule has 2 aromatic rings. The van der Waals surface area contributed by atoms with E-state index in [9.17, 15) is 9.59 Å². The molecular weight excluding hydrogens is 383 g/mol. The molecule has 0 bridgehead atoms. The second kappa shape index (κ2) is 10.3. The van der Waals surface area contributed by atoms with Crippen LogP contribution >= 0.6 is 23.2 Å². The Morgan fingerprint density at radius 3 is 2.11 bits per heavy atom. The van der Waals surface area contributed by atoms with E-state index in [2.05, 4.69) is 5.32 Å². The highest BCUT2D eigenvalue weighted by molar-refractivity contribution is 6.31. The van der Waals surface area contributed by atoms with Gasteiger partial charge in [0.25, 0.3) is 0 Å². The number of nitrogens with zero attached hydrogens (tertiary/aromatic N) is 1. The van der Waals surface area contributed by atoms with Crippen LogP contribution in [0, 0.1) is 0 Å². The highest BCUT2D eigenvalue weighted by atomic mass is 35.5. The lowest BCUT2D eigenvalue weighted by Crippen LogP contribution is -2.47. The summed E-state index contributed by atoms with van der Waals surface area (Å²) < 4.78 is 0. The Kier molecular flexibility index (Phi) is 8.14. The molecule has 144 valence electrons. The van der Waals surface area contributed by atoms with Gasteiger partial charge in [0, 0.05) is 29.6 Å². The summed E-state index contributed by atoms with van der Waals surface area (Å²) in [5, 5.41) is 3.99. The van der Waals surface area contributed by atoms with Crippen LogP contribution in [-0.4, -0.2) is 29.3 Å². The molecule has 1 atom stereocenters. The summed E-state index contributed by atoms with van der Waals surface area (Å²) in [7, 11) is 0. The van der Waals surface area contributed by atoms with Gasteiger partial charge in [0.1, 0.15) is 6.04 Å². The van der Waals surface area contributed by atoms with E-state index in [0.29, 0.717) is 23.0 Å². The van der Waals surface area contributed by atoms with Crippen LogP contribution in [-0.2, 0) is 22.6 Å². The Balaban J connectivity index is 2.17. The number of carbonyl (C=O) groups excluding carboxylic acids is 2. The Hall–Kier alpha value is -2.04.